The van der Waals surface area contributed by atoms with Crippen LogP contribution in [0, 0.1) is 11.6 Å². The molecule has 2 aromatic carbocycles. The SMILES string of the molecule is NNC(Cc1cc(Cl)ccc1F)c1cccc(F)c1Br. The maximum atomic E-state index is 13.7. The van der Waals surface area contributed by atoms with Crippen LogP contribution in [0.1, 0.15) is 17.2 Å². The fraction of sp³-hybridized carbons (Fsp3) is 0.143. The topological polar surface area (TPSA) is 38.0 Å². The van der Waals surface area contributed by atoms with Crippen molar-refractivity contribution in [2.24, 2.45) is 5.84 Å². The van der Waals surface area contributed by atoms with Crippen LogP contribution < -0.4 is 11.3 Å². The zero-order valence-corrected chi connectivity index (χ0v) is 12.7. The lowest BCUT2D eigenvalue weighted by Gasteiger charge is -2.18. The number of hydrogen-bond donors (Lipinski definition) is 2. The molecule has 2 rings (SSSR count). The van der Waals surface area contributed by atoms with Gasteiger partial charge in [-0.3, -0.25) is 11.3 Å². The van der Waals surface area contributed by atoms with Crippen molar-refractivity contribution in [1.82, 2.24) is 5.43 Å². The standard InChI is InChI=1S/C14H12BrClF2N2/c15-14-10(2-1-3-12(14)18)13(20-19)7-8-6-9(16)4-5-11(8)17/h1-6,13,20H,7,19H2. The molecule has 0 aliphatic carbocycles. The lowest BCUT2D eigenvalue weighted by atomic mass is 9.99. The van der Waals surface area contributed by atoms with Gasteiger partial charge in [0, 0.05) is 5.02 Å². The van der Waals surface area contributed by atoms with Gasteiger partial charge in [0.25, 0.3) is 0 Å². The molecule has 0 heterocycles. The highest BCUT2D eigenvalue weighted by Gasteiger charge is 2.17. The van der Waals surface area contributed by atoms with E-state index >= 15 is 0 Å². The van der Waals surface area contributed by atoms with E-state index in [1.807, 2.05) is 0 Å². The smallest absolute Gasteiger partial charge is 0.137 e. The molecule has 0 aliphatic rings. The van der Waals surface area contributed by atoms with Crippen LogP contribution in [0.2, 0.25) is 5.02 Å². The normalized spacial score (nSPS) is 12.4. The molecule has 0 spiro atoms. The van der Waals surface area contributed by atoms with E-state index < -0.39 is 11.9 Å². The van der Waals surface area contributed by atoms with Gasteiger partial charge in [0.2, 0.25) is 0 Å². The summed E-state index contributed by atoms with van der Waals surface area (Å²) in [6.07, 6.45) is 0.255. The van der Waals surface area contributed by atoms with Gasteiger partial charge in [-0.25, -0.2) is 8.78 Å². The van der Waals surface area contributed by atoms with Crippen molar-refractivity contribution in [3.63, 3.8) is 0 Å². The summed E-state index contributed by atoms with van der Waals surface area (Å²) in [6, 6.07) is 8.51. The molecule has 1 unspecified atom stereocenters. The van der Waals surface area contributed by atoms with Crippen LogP contribution in [0.15, 0.2) is 40.9 Å². The Balaban J connectivity index is 2.34. The molecule has 0 aromatic heterocycles. The molecular weight excluding hydrogens is 350 g/mol. The highest BCUT2D eigenvalue weighted by Crippen LogP contribution is 2.29. The van der Waals surface area contributed by atoms with E-state index in [4.69, 9.17) is 17.4 Å². The number of rotatable bonds is 4. The van der Waals surface area contributed by atoms with Crippen molar-refractivity contribution in [2.75, 3.05) is 0 Å². The van der Waals surface area contributed by atoms with Crippen LogP contribution in [0.3, 0.4) is 0 Å². The lowest BCUT2D eigenvalue weighted by Crippen LogP contribution is -2.30. The van der Waals surface area contributed by atoms with E-state index in [2.05, 4.69) is 21.4 Å². The van der Waals surface area contributed by atoms with Gasteiger partial charge in [-0.1, -0.05) is 23.7 Å². The van der Waals surface area contributed by atoms with Crippen molar-refractivity contribution in [3.05, 3.63) is 68.7 Å². The molecule has 0 fully saturated rings. The van der Waals surface area contributed by atoms with E-state index in [0.29, 0.717) is 20.6 Å². The van der Waals surface area contributed by atoms with Gasteiger partial charge >= 0.3 is 0 Å². The molecule has 0 radical (unpaired) electrons. The molecule has 0 bridgehead atoms. The summed E-state index contributed by atoms with van der Waals surface area (Å²) in [4.78, 5) is 0. The number of benzene rings is 2. The van der Waals surface area contributed by atoms with Crippen LogP contribution in [-0.4, -0.2) is 0 Å². The molecule has 0 aliphatic heterocycles. The Bertz CT molecular complexity index is 622. The Morgan fingerprint density at radius 2 is 1.95 bits per heavy atom. The summed E-state index contributed by atoms with van der Waals surface area (Å²) in [5, 5.41) is 0.440. The first kappa shape index (κ1) is 15.4. The van der Waals surface area contributed by atoms with Crippen LogP contribution in [-0.2, 0) is 6.42 Å². The Morgan fingerprint density at radius 1 is 1.20 bits per heavy atom. The summed E-state index contributed by atoms with van der Waals surface area (Å²) >= 11 is 9.04. The highest BCUT2D eigenvalue weighted by molar-refractivity contribution is 9.10. The fourth-order valence-corrected chi connectivity index (χ4v) is 2.70. The average Bonchev–Trinajstić information content (AvgIpc) is 2.43. The summed E-state index contributed by atoms with van der Waals surface area (Å²) in [5.74, 6) is 4.74. The van der Waals surface area contributed by atoms with Crippen LogP contribution >= 0.6 is 27.5 Å². The number of halogens is 4. The molecule has 0 saturated heterocycles. The molecule has 106 valence electrons. The molecule has 6 heteroatoms. The monoisotopic (exact) mass is 360 g/mol. The second kappa shape index (κ2) is 6.63. The zero-order valence-electron chi connectivity index (χ0n) is 10.3. The predicted molar refractivity (Wildman–Crippen MR) is 79.3 cm³/mol. The third-order valence-corrected chi connectivity index (χ3v) is 4.06. The Labute approximate surface area is 129 Å². The summed E-state index contributed by atoms with van der Waals surface area (Å²) in [5.41, 5.74) is 3.61. The van der Waals surface area contributed by atoms with Crippen molar-refractivity contribution in [1.29, 1.82) is 0 Å². The summed E-state index contributed by atoms with van der Waals surface area (Å²) in [6.45, 7) is 0. The predicted octanol–water partition coefficient (Wildman–Crippen LogP) is 4.13. The molecule has 20 heavy (non-hydrogen) atoms. The van der Waals surface area contributed by atoms with Crippen molar-refractivity contribution in [3.8, 4) is 0 Å². The maximum absolute atomic E-state index is 13.7. The molecule has 1 atom stereocenters. The van der Waals surface area contributed by atoms with Gasteiger partial charge in [-0.2, -0.15) is 0 Å². The van der Waals surface area contributed by atoms with Gasteiger partial charge in [-0.15, -0.1) is 0 Å². The first-order valence-electron chi connectivity index (χ1n) is 5.87. The largest absolute Gasteiger partial charge is 0.271 e. The molecular formula is C14H12BrClF2N2. The van der Waals surface area contributed by atoms with E-state index in [0.717, 1.165) is 0 Å². The number of hydrogen-bond acceptors (Lipinski definition) is 2. The van der Waals surface area contributed by atoms with E-state index in [9.17, 15) is 8.78 Å². The number of nitrogens with one attached hydrogen (secondary N) is 1. The molecule has 0 amide bonds. The molecule has 0 saturated carbocycles. The minimum absolute atomic E-state index is 0.255. The van der Waals surface area contributed by atoms with E-state index in [1.165, 1.54) is 24.3 Å². The lowest BCUT2D eigenvalue weighted by molar-refractivity contribution is 0.522. The van der Waals surface area contributed by atoms with Crippen LogP contribution in [0.4, 0.5) is 8.78 Å². The second-order valence-electron chi connectivity index (χ2n) is 4.30. The average molecular weight is 362 g/mol. The summed E-state index contributed by atoms with van der Waals surface area (Å²) in [7, 11) is 0. The van der Waals surface area contributed by atoms with Crippen molar-refractivity contribution < 1.29 is 8.78 Å². The van der Waals surface area contributed by atoms with Gasteiger partial charge in [0.15, 0.2) is 0 Å². The Hall–Kier alpha value is -1.01. The zero-order chi connectivity index (χ0) is 14.7. The van der Waals surface area contributed by atoms with E-state index in [-0.39, 0.29) is 12.2 Å². The number of nitrogens with two attached hydrogens (primary N) is 1. The Morgan fingerprint density at radius 3 is 2.65 bits per heavy atom. The minimum atomic E-state index is -0.437. The van der Waals surface area contributed by atoms with Crippen LogP contribution in [0.5, 0.6) is 0 Å². The minimum Gasteiger partial charge on any atom is -0.271 e. The van der Waals surface area contributed by atoms with Crippen molar-refractivity contribution >= 4 is 27.5 Å². The third-order valence-electron chi connectivity index (χ3n) is 2.99. The van der Waals surface area contributed by atoms with Gasteiger partial charge in [0.1, 0.15) is 11.6 Å². The third kappa shape index (κ3) is 3.35. The quantitative estimate of drug-likeness (QED) is 0.635. The van der Waals surface area contributed by atoms with Crippen LogP contribution in [0.25, 0.3) is 0 Å². The first-order valence-corrected chi connectivity index (χ1v) is 7.04. The molecule has 2 aromatic rings. The second-order valence-corrected chi connectivity index (χ2v) is 5.53. The fourth-order valence-electron chi connectivity index (χ4n) is 1.97. The molecule has 2 nitrogen and oxygen atoms in total. The van der Waals surface area contributed by atoms with E-state index in [1.54, 1.807) is 12.1 Å². The highest BCUT2D eigenvalue weighted by atomic mass is 79.9. The number of hydrazine groups is 1. The van der Waals surface area contributed by atoms with Gasteiger partial charge < -0.3 is 0 Å². The van der Waals surface area contributed by atoms with Crippen molar-refractivity contribution in [2.45, 2.75) is 12.5 Å². The van der Waals surface area contributed by atoms with Gasteiger partial charge in [0.05, 0.1) is 10.5 Å². The van der Waals surface area contributed by atoms with Gasteiger partial charge in [-0.05, 0) is 57.7 Å². The Kier molecular flexibility index (Phi) is 5.10. The maximum Gasteiger partial charge on any atom is 0.137 e. The summed E-state index contributed by atoms with van der Waals surface area (Å²) < 4.78 is 27.6. The first-order chi connectivity index (χ1) is 9.52. The molecule has 3 N–H and O–H groups in total.